The Hall–Kier alpha value is -1.31. The van der Waals surface area contributed by atoms with Crippen LogP contribution in [0.15, 0.2) is 16.5 Å². The van der Waals surface area contributed by atoms with Crippen LogP contribution in [0.3, 0.4) is 0 Å². The second kappa shape index (κ2) is 7.11. The molecule has 1 N–H and O–H groups in total. The summed E-state index contributed by atoms with van der Waals surface area (Å²) < 4.78 is 6.00. The van der Waals surface area contributed by atoms with Crippen molar-refractivity contribution in [3.63, 3.8) is 0 Å². The van der Waals surface area contributed by atoms with Gasteiger partial charge in [-0.1, -0.05) is 34.7 Å². The van der Waals surface area contributed by atoms with Crippen LogP contribution in [-0.2, 0) is 4.79 Å². The van der Waals surface area contributed by atoms with Crippen LogP contribution in [0.25, 0.3) is 0 Å². The molecule has 0 aliphatic carbocycles. The van der Waals surface area contributed by atoms with E-state index < -0.39 is 0 Å². The van der Waals surface area contributed by atoms with E-state index in [1.54, 1.807) is 12.1 Å². The topological polar surface area (TPSA) is 64.1 Å². The number of anilines is 1. The largest absolute Gasteiger partial charge is 0.495 e. The van der Waals surface area contributed by atoms with Gasteiger partial charge >= 0.3 is 0 Å². The quantitative estimate of drug-likeness (QED) is 0.841. The lowest BCUT2D eigenvalue weighted by atomic mass is 10.2. The highest BCUT2D eigenvalue weighted by molar-refractivity contribution is 8.01. The maximum atomic E-state index is 12.0. The standard InChI is InChI=1S/C13H14ClN3O2S2/c1-7-4-10(11(19-3)5-9(7)14)15-12(18)6-20-13-17-16-8(2)21-13/h4-5H,6H2,1-3H3,(H,15,18). The van der Waals surface area contributed by atoms with Crippen LogP contribution in [0.1, 0.15) is 10.6 Å². The molecule has 2 rings (SSSR count). The molecule has 0 aliphatic rings. The van der Waals surface area contributed by atoms with E-state index in [2.05, 4.69) is 15.5 Å². The first kappa shape index (κ1) is 16.1. The highest BCUT2D eigenvalue weighted by Gasteiger charge is 2.11. The molecule has 0 bridgehead atoms. The Morgan fingerprint density at radius 2 is 2.19 bits per heavy atom. The lowest BCUT2D eigenvalue weighted by Crippen LogP contribution is -2.14. The molecule has 0 radical (unpaired) electrons. The lowest BCUT2D eigenvalue weighted by molar-refractivity contribution is -0.113. The predicted octanol–water partition coefficient (Wildman–Crippen LogP) is 3.55. The number of halogens is 1. The normalized spacial score (nSPS) is 10.5. The molecule has 1 heterocycles. The highest BCUT2D eigenvalue weighted by atomic mass is 35.5. The van der Waals surface area contributed by atoms with Crippen LogP contribution in [0.5, 0.6) is 5.75 Å². The molecule has 21 heavy (non-hydrogen) atoms. The van der Waals surface area contributed by atoms with Crippen LogP contribution in [0, 0.1) is 13.8 Å². The second-order valence-corrected chi connectivity index (χ2v) is 7.04. The summed E-state index contributed by atoms with van der Waals surface area (Å²) in [5.41, 5.74) is 1.48. The minimum absolute atomic E-state index is 0.132. The van der Waals surface area contributed by atoms with Crippen molar-refractivity contribution in [1.29, 1.82) is 0 Å². The first-order valence-electron chi connectivity index (χ1n) is 6.06. The zero-order valence-electron chi connectivity index (χ0n) is 11.8. The van der Waals surface area contributed by atoms with E-state index in [9.17, 15) is 4.79 Å². The summed E-state index contributed by atoms with van der Waals surface area (Å²) >= 11 is 8.86. The number of methoxy groups -OCH3 is 1. The average molecular weight is 344 g/mol. The smallest absolute Gasteiger partial charge is 0.234 e. The number of hydrogen-bond donors (Lipinski definition) is 1. The fourth-order valence-corrected chi connectivity index (χ4v) is 3.35. The van der Waals surface area contributed by atoms with Gasteiger partial charge < -0.3 is 10.1 Å². The molecule has 8 heteroatoms. The molecule has 1 aromatic carbocycles. The lowest BCUT2D eigenvalue weighted by Gasteiger charge is -2.11. The minimum atomic E-state index is -0.132. The minimum Gasteiger partial charge on any atom is -0.495 e. The number of aryl methyl sites for hydroxylation is 2. The molecule has 0 aliphatic heterocycles. The molecule has 0 saturated heterocycles. The van der Waals surface area contributed by atoms with Crippen LogP contribution < -0.4 is 10.1 Å². The number of nitrogens with one attached hydrogen (secondary N) is 1. The van der Waals surface area contributed by atoms with E-state index in [4.69, 9.17) is 16.3 Å². The van der Waals surface area contributed by atoms with Gasteiger partial charge in [-0.25, -0.2) is 0 Å². The number of benzene rings is 1. The number of rotatable bonds is 5. The Kier molecular flexibility index (Phi) is 5.44. The fourth-order valence-electron chi connectivity index (χ4n) is 1.58. The van der Waals surface area contributed by atoms with Gasteiger partial charge in [0.15, 0.2) is 4.34 Å². The van der Waals surface area contributed by atoms with Gasteiger partial charge in [-0.05, 0) is 25.5 Å². The molecule has 0 saturated carbocycles. The molecule has 0 spiro atoms. The van der Waals surface area contributed by atoms with Crippen molar-refractivity contribution in [2.24, 2.45) is 0 Å². The van der Waals surface area contributed by atoms with E-state index in [1.165, 1.54) is 30.2 Å². The van der Waals surface area contributed by atoms with Crippen molar-refractivity contribution in [3.8, 4) is 5.75 Å². The van der Waals surface area contributed by atoms with E-state index in [0.29, 0.717) is 16.5 Å². The van der Waals surface area contributed by atoms with E-state index >= 15 is 0 Å². The molecule has 2 aromatic rings. The number of carbonyl (C=O) groups is 1. The van der Waals surface area contributed by atoms with Gasteiger partial charge in [0.1, 0.15) is 10.8 Å². The van der Waals surface area contributed by atoms with Crippen molar-refractivity contribution in [2.45, 2.75) is 18.2 Å². The third kappa shape index (κ3) is 4.33. The van der Waals surface area contributed by atoms with E-state index in [0.717, 1.165) is 14.9 Å². The fraction of sp³-hybridized carbons (Fsp3) is 0.308. The van der Waals surface area contributed by atoms with Gasteiger partial charge in [0, 0.05) is 11.1 Å². The van der Waals surface area contributed by atoms with Crippen LogP contribution in [0.4, 0.5) is 5.69 Å². The van der Waals surface area contributed by atoms with Gasteiger partial charge in [0.25, 0.3) is 0 Å². The number of hydrogen-bond acceptors (Lipinski definition) is 6. The van der Waals surface area contributed by atoms with Crippen LogP contribution >= 0.6 is 34.7 Å². The third-order valence-corrected chi connectivity index (χ3v) is 4.97. The van der Waals surface area contributed by atoms with Gasteiger partial charge in [0.2, 0.25) is 5.91 Å². The first-order chi connectivity index (χ1) is 9.99. The molecule has 0 unspecified atom stereocenters. The van der Waals surface area contributed by atoms with E-state index in [1.807, 2.05) is 13.8 Å². The summed E-state index contributed by atoms with van der Waals surface area (Å²) in [6.45, 7) is 3.75. The Labute approximate surface area is 136 Å². The van der Waals surface area contributed by atoms with Crippen molar-refractivity contribution >= 4 is 46.3 Å². The number of amides is 1. The molecule has 1 amide bonds. The average Bonchev–Trinajstić information content (AvgIpc) is 2.86. The molecule has 5 nitrogen and oxygen atoms in total. The summed E-state index contributed by atoms with van der Waals surface area (Å²) in [5.74, 6) is 0.669. The Morgan fingerprint density at radius 1 is 1.43 bits per heavy atom. The Balaban J connectivity index is 2.00. The molecule has 0 fully saturated rings. The summed E-state index contributed by atoms with van der Waals surface area (Å²) in [7, 11) is 1.54. The number of ether oxygens (including phenoxy) is 1. The van der Waals surface area contributed by atoms with E-state index in [-0.39, 0.29) is 11.7 Å². The van der Waals surface area contributed by atoms with Crippen molar-refractivity contribution in [2.75, 3.05) is 18.2 Å². The Morgan fingerprint density at radius 3 is 2.81 bits per heavy atom. The van der Waals surface area contributed by atoms with Crippen molar-refractivity contribution in [1.82, 2.24) is 10.2 Å². The summed E-state index contributed by atoms with van der Waals surface area (Å²) in [5, 5.41) is 12.2. The zero-order valence-corrected chi connectivity index (χ0v) is 14.2. The number of carbonyl (C=O) groups excluding carboxylic acids is 1. The molecular weight excluding hydrogens is 330 g/mol. The van der Waals surface area contributed by atoms with Gasteiger partial charge in [-0.3, -0.25) is 4.79 Å². The third-order valence-electron chi connectivity index (χ3n) is 2.59. The number of aromatic nitrogens is 2. The van der Waals surface area contributed by atoms with Crippen molar-refractivity contribution in [3.05, 3.63) is 27.7 Å². The molecule has 112 valence electrons. The number of nitrogens with zero attached hydrogens (tertiary/aromatic N) is 2. The molecule has 1 aromatic heterocycles. The number of thioether (sulfide) groups is 1. The van der Waals surface area contributed by atoms with Gasteiger partial charge in [-0.15, -0.1) is 10.2 Å². The summed E-state index contributed by atoms with van der Waals surface area (Å²) in [6, 6.07) is 3.48. The van der Waals surface area contributed by atoms with Crippen LogP contribution in [0.2, 0.25) is 5.02 Å². The van der Waals surface area contributed by atoms with Crippen molar-refractivity contribution < 1.29 is 9.53 Å². The monoisotopic (exact) mass is 343 g/mol. The first-order valence-corrected chi connectivity index (χ1v) is 8.24. The van der Waals surface area contributed by atoms with Gasteiger partial charge in [-0.2, -0.15) is 0 Å². The molecular formula is C13H14ClN3O2S2. The maximum absolute atomic E-state index is 12.0. The highest BCUT2D eigenvalue weighted by Crippen LogP contribution is 2.31. The Bertz CT molecular complexity index is 661. The second-order valence-electron chi connectivity index (χ2n) is 4.23. The zero-order chi connectivity index (χ0) is 15.4. The summed E-state index contributed by atoms with van der Waals surface area (Å²) in [6.07, 6.45) is 0. The SMILES string of the molecule is COc1cc(Cl)c(C)cc1NC(=O)CSc1nnc(C)s1. The van der Waals surface area contributed by atoms with Gasteiger partial charge in [0.05, 0.1) is 18.6 Å². The summed E-state index contributed by atoms with van der Waals surface area (Å²) in [4.78, 5) is 12.0. The van der Waals surface area contributed by atoms with Crippen LogP contribution in [-0.4, -0.2) is 29.0 Å². The molecule has 0 atom stereocenters. The predicted molar refractivity (Wildman–Crippen MR) is 86.7 cm³/mol. The maximum Gasteiger partial charge on any atom is 0.234 e.